The Balaban J connectivity index is 1.84. The standard InChI is InChI=1S/C30H35N3O4S/c1-4-23(3)31-30(35)28(18-24-11-6-5-7-12-24)32(19-26-13-9-8-10-22(26)2)29(34)21-38-20-25-14-16-27(17-15-25)33(36)37/h5-17,23,28H,4,18-21H2,1-3H3,(H,31,35)/t23-,28+/m0/s1. The summed E-state index contributed by atoms with van der Waals surface area (Å²) in [6.07, 6.45) is 1.20. The maximum Gasteiger partial charge on any atom is 0.269 e. The third-order valence-corrected chi connectivity index (χ3v) is 7.50. The van der Waals surface area contributed by atoms with Crippen molar-refractivity contribution in [3.8, 4) is 0 Å². The summed E-state index contributed by atoms with van der Waals surface area (Å²) in [5.74, 6) is 0.431. The minimum Gasteiger partial charge on any atom is -0.352 e. The Bertz CT molecular complexity index is 1220. The van der Waals surface area contributed by atoms with Gasteiger partial charge in [-0.25, -0.2) is 0 Å². The van der Waals surface area contributed by atoms with Gasteiger partial charge in [-0.05, 0) is 42.5 Å². The fraction of sp³-hybridized carbons (Fsp3) is 0.333. The number of benzene rings is 3. The van der Waals surface area contributed by atoms with Crippen LogP contribution < -0.4 is 5.32 Å². The average Bonchev–Trinajstić information content (AvgIpc) is 2.92. The molecule has 0 unspecified atom stereocenters. The highest BCUT2D eigenvalue weighted by molar-refractivity contribution is 7.99. The van der Waals surface area contributed by atoms with Gasteiger partial charge in [0.25, 0.3) is 5.69 Å². The number of carbonyl (C=O) groups excluding carboxylic acids is 2. The summed E-state index contributed by atoms with van der Waals surface area (Å²) < 4.78 is 0. The van der Waals surface area contributed by atoms with E-state index < -0.39 is 11.0 Å². The van der Waals surface area contributed by atoms with Gasteiger partial charge in [-0.15, -0.1) is 11.8 Å². The number of aryl methyl sites for hydroxylation is 1. The molecule has 0 heterocycles. The van der Waals surface area contributed by atoms with Gasteiger partial charge in [0.2, 0.25) is 11.8 Å². The number of thioether (sulfide) groups is 1. The normalized spacial score (nSPS) is 12.4. The summed E-state index contributed by atoms with van der Waals surface area (Å²) >= 11 is 1.43. The lowest BCUT2D eigenvalue weighted by molar-refractivity contribution is -0.384. The van der Waals surface area contributed by atoms with Crippen molar-refractivity contribution in [2.45, 2.75) is 58.0 Å². The van der Waals surface area contributed by atoms with Crippen molar-refractivity contribution in [3.05, 3.63) is 111 Å². The van der Waals surface area contributed by atoms with Gasteiger partial charge in [-0.1, -0.05) is 73.7 Å². The topological polar surface area (TPSA) is 92.6 Å². The van der Waals surface area contributed by atoms with E-state index in [2.05, 4.69) is 5.32 Å². The van der Waals surface area contributed by atoms with E-state index in [1.54, 1.807) is 17.0 Å². The van der Waals surface area contributed by atoms with Gasteiger partial charge in [0.15, 0.2) is 0 Å². The number of hydrogen-bond acceptors (Lipinski definition) is 5. The SMILES string of the molecule is CC[C@H](C)NC(=O)[C@@H](Cc1ccccc1)N(Cc1ccccc1C)C(=O)CSCc1ccc([N+](=O)[O-])cc1. The lowest BCUT2D eigenvalue weighted by Crippen LogP contribution is -2.52. The molecule has 0 aliphatic carbocycles. The molecule has 3 rings (SSSR count). The van der Waals surface area contributed by atoms with Crippen LogP contribution in [0.3, 0.4) is 0 Å². The van der Waals surface area contributed by atoms with Crippen LogP contribution in [0, 0.1) is 17.0 Å². The van der Waals surface area contributed by atoms with Crippen LogP contribution in [0.5, 0.6) is 0 Å². The zero-order chi connectivity index (χ0) is 27.5. The number of nitrogens with zero attached hydrogens (tertiary/aromatic N) is 2. The Morgan fingerprint density at radius 1 is 0.974 bits per heavy atom. The van der Waals surface area contributed by atoms with Crippen molar-refractivity contribution in [3.63, 3.8) is 0 Å². The van der Waals surface area contributed by atoms with Crippen molar-refractivity contribution in [2.75, 3.05) is 5.75 Å². The molecule has 0 saturated heterocycles. The summed E-state index contributed by atoms with van der Waals surface area (Å²) in [4.78, 5) is 39.5. The van der Waals surface area contributed by atoms with Gasteiger partial charge < -0.3 is 10.2 Å². The second kappa shape index (κ2) is 14.3. The molecule has 0 saturated carbocycles. The van der Waals surface area contributed by atoms with Crippen molar-refractivity contribution in [2.24, 2.45) is 0 Å². The van der Waals surface area contributed by atoms with E-state index in [4.69, 9.17) is 0 Å². The Kier molecular flexibility index (Phi) is 10.9. The largest absolute Gasteiger partial charge is 0.352 e. The van der Waals surface area contributed by atoms with E-state index >= 15 is 0 Å². The molecule has 3 aromatic carbocycles. The van der Waals surface area contributed by atoms with Crippen molar-refractivity contribution < 1.29 is 14.5 Å². The van der Waals surface area contributed by atoms with Crippen LogP contribution in [0.1, 0.15) is 42.5 Å². The molecule has 0 radical (unpaired) electrons. The number of non-ortho nitro benzene ring substituents is 1. The zero-order valence-corrected chi connectivity index (χ0v) is 22.9. The number of nitrogens with one attached hydrogen (secondary N) is 1. The lowest BCUT2D eigenvalue weighted by Gasteiger charge is -2.32. The number of hydrogen-bond donors (Lipinski definition) is 1. The van der Waals surface area contributed by atoms with Crippen LogP contribution in [0.15, 0.2) is 78.9 Å². The van der Waals surface area contributed by atoms with Crippen LogP contribution in [0.25, 0.3) is 0 Å². The number of carbonyl (C=O) groups is 2. The summed E-state index contributed by atoms with van der Waals surface area (Å²) in [6, 6.07) is 23.3. The molecule has 0 aliphatic rings. The molecular weight excluding hydrogens is 498 g/mol. The van der Waals surface area contributed by atoms with E-state index in [0.717, 1.165) is 28.7 Å². The zero-order valence-electron chi connectivity index (χ0n) is 22.1. The molecule has 2 amide bonds. The monoisotopic (exact) mass is 533 g/mol. The van der Waals surface area contributed by atoms with Crippen molar-refractivity contribution in [1.82, 2.24) is 10.2 Å². The van der Waals surface area contributed by atoms with Crippen LogP contribution in [0.4, 0.5) is 5.69 Å². The first kappa shape index (κ1) is 28.9. The second-order valence-corrected chi connectivity index (χ2v) is 10.4. The summed E-state index contributed by atoms with van der Waals surface area (Å²) in [5, 5.41) is 14.0. The van der Waals surface area contributed by atoms with E-state index in [1.807, 2.05) is 75.4 Å². The van der Waals surface area contributed by atoms with E-state index in [0.29, 0.717) is 18.7 Å². The maximum absolute atomic E-state index is 13.7. The molecular formula is C30H35N3O4S. The first-order chi connectivity index (χ1) is 18.3. The Morgan fingerprint density at radius 3 is 2.26 bits per heavy atom. The Morgan fingerprint density at radius 2 is 1.63 bits per heavy atom. The third-order valence-electron chi connectivity index (χ3n) is 6.52. The molecule has 0 bridgehead atoms. The molecule has 200 valence electrons. The lowest BCUT2D eigenvalue weighted by atomic mass is 10.0. The predicted octanol–water partition coefficient (Wildman–Crippen LogP) is 5.69. The Hall–Kier alpha value is -3.65. The fourth-order valence-corrected chi connectivity index (χ4v) is 4.89. The smallest absolute Gasteiger partial charge is 0.269 e. The quantitative estimate of drug-likeness (QED) is 0.225. The molecule has 0 aliphatic heterocycles. The Labute approximate surface area is 228 Å². The third kappa shape index (κ3) is 8.45. The highest BCUT2D eigenvalue weighted by Crippen LogP contribution is 2.21. The molecule has 0 aromatic heterocycles. The first-order valence-electron chi connectivity index (χ1n) is 12.8. The number of amides is 2. The van der Waals surface area contributed by atoms with Gasteiger partial charge in [0.1, 0.15) is 6.04 Å². The van der Waals surface area contributed by atoms with Crippen LogP contribution >= 0.6 is 11.8 Å². The second-order valence-electron chi connectivity index (χ2n) is 9.39. The van der Waals surface area contributed by atoms with Gasteiger partial charge in [-0.2, -0.15) is 0 Å². The molecule has 8 heteroatoms. The molecule has 3 aromatic rings. The summed E-state index contributed by atoms with van der Waals surface area (Å²) in [7, 11) is 0. The van der Waals surface area contributed by atoms with Gasteiger partial charge in [0, 0.05) is 36.9 Å². The van der Waals surface area contributed by atoms with Gasteiger partial charge >= 0.3 is 0 Å². The predicted molar refractivity (Wildman–Crippen MR) is 153 cm³/mol. The molecule has 2 atom stereocenters. The van der Waals surface area contributed by atoms with Crippen LogP contribution in [-0.4, -0.2) is 39.5 Å². The molecule has 0 fully saturated rings. The number of nitro benzene ring substituents is 1. The number of rotatable bonds is 13. The average molecular weight is 534 g/mol. The highest BCUT2D eigenvalue weighted by Gasteiger charge is 2.31. The van der Waals surface area contributed by atoms with Gasteiger partial charge in [-0.3, -0.25) is 19.7 Å². The minimum absolute atomic E-state index is 0.00676. The first-order valence-corrected chi connectivity index (χ1v) is 13.9. The van der Waals surface area contributed by atoms with Gasteiger partial charge in [0.05, 0.1) is 10.7 Å². The van der Waals surface area contributed by atoms with Crippen molar-refractivity contribution in [1.29, 1.82) is 0 Å². The van der Waals surface area contributed by atoms with E-state index in [1.165, 1.54) is 23.9 Å². The van der Waals surface area contributed by atoms with Crippen LogP contribution in [0.2, 0.25) is 0 Å². The molecule has 7 nitrogen and oxygen atoms in total. The van der Waals surface area contributed by atoms with Crippen LogP contribution in [-0.2, 0) is 28.3 Å². The molecule has 0 spiro atoms. The maximum atomic E-state index is 13.7. The fourth-order valence-electron chi connectivity index (χ4n) is 4.02. The summed E-state index contributed by atoms with van der Waals surface area (Å²) in [5.41, 5.74) is 3.97. The highest BCUT2D eigenvalue weighted by atomic mass is 32.2. The molecule has 1 N–H and O–H groups in total. The molecule has 38 heavy (non-hydrogen) atoms. The van der Waals surface area contributed by atoms with Crippen molar-refractivity contribution >= 4 is 29.3 Å². The minimum atomic E-state index is -0.668. The number of nitro groups is 1. The summed E-state index contributed by atoms with van der Waals surface area (Å²) in [6.45, 7) is 6.31. The van der Waals surface area contributed by atoms with E-state index in [9.17, 15) is 19.7 Å². The van der Waals surface area contributed by atoms with E-state index in [-0.39, 0.29) is 29.3 Å².